The first-order chi connectivity index (χ1) is 11.4. The topological polar surface area (TPSA) is 67.9 Å². The molecule has 1 aliphatic rings. The van der Waals surface area contributed by atoms with Crippen molar-refractivity contribution >= 4 is 10.0 Å². The first-order valence-electron chi connectivity index (χ1n) is 7.99. The lowest BCUT2D eigenvalue weighted by Crippen LogP contribution is -2.48. The number of para-hydroxylation sites is 1. The van der Waals surface area contributed by atoms with E-state index in [0.29, 0.717) is 39.4 Å². The average molecular weight is 354 g/mol. The number of hydrogen-bond donors (Lipinski definition) is 1. The summed E-state index contributed by atoms with van der Waals surface area (Å²) in [6.45, 7) is 8.71. The van der Waals surface area contributed by atoms with Gasteiger partial charge >= 0.3 is 0 Å². The van der Waals surface area contributed by atoms with Crippen LogP contribution in [0.2, 0.25) is 0 Å². The highest BCUT2D eigenvalue weighted by Crippen LogP contribution is 2.18. The Kier molecular flexibility index (Phi) is 6.79. The van der Waals surface area contributed by atoms with Crippen LogP contribution in [0.25, 0.3) is 0 Å². The number of ether oxygens (including phenoxy) is 2. The van der Waals surface area contributed by atoms with Gasteiger partial charge in [0, 0.05) is 31.7 Å². The Morgan fingerprint density at radius 3 is 2.92 bits per heavy atom. The van der Waals surface area contributed by atoms with Crippen molar-refractivity contribution in [2.75, 3.05) is 39.1 Å². The van der Waals surface area contributed by atoms with Crippen LogP contribution in [0.3, 0.4) is 0 Å². The zero-order valence-electron chi connectivity index (χ0n) is 14.3. The van der Waals surface area contributed by atoms with E-state index in [0.717, 1.165) is 16.9 Å². The number of hydrogen-bond acceptors (Lipinski definition) is 5. The van der Waals surface area contributed by atoms with Gasteiger partial charge in [-0.15, -0.1) is 0 Å². The zero-order valence-corrected chi connectivity index (χ0v) is 15.1. The number of morpholine rings is 1. The molecule has 6 nitrogen and oxygen atoms in total. The van der Waals surface area contributed by atoms with Gasteiger partial charge in [-0.05, 0) is 18.6 Å². The van der Waals surface area contributed by atoms with Crippen molar-refractivity contribution in [3.8, 4) is 5.75 Å². The van der Waals surface area contributed by atoms with Crippen LogP contribution in [-0.2, 0) is 21.3 Å². The van der Waals surface area contributed by atoms with Crippen LogP contribution in [0.15, 0.2) is 36.4 Å². The van der Waals surface area contributed by atoms with Gasteiger partial charge in [-0.25, -0.2) is 8.42 Å². The molecule has 0 amide bonds. The van der Waals surface area contributed by atoms with Crippen molar-refractivity contribution < 1.29 is 17.9 Å². The molecule has 0 saturated carbocycles. The van der Waals surface area contributed by atoms with E-state index >= 15 is 0 Å². The first-order valence-corrected chi connectivity index (χ1v) is 9.83. The molecule has 7 heteroatoms. The number of rotatable bonds is 8. The molecule has 0 unspecified atom stereocenters. The second-order valence-corrected chi connectivity index (χ2v) is 8.08. The van der Waals surface area contributed by atoms with Crippen molar-refractivity contribution in [3.63, 3.8) is 0 Å². The average Bonchev–Trinajstić information content (AvgIpc) is 2.53. The maximum Gasteiger partial charge on any atom is 0.211 e. The van der Waals surface area contributed by atoms with Crippen LogP contribution < -0.4 is 10.1 Å². The standard InChI is InChI=1S/C17H26N2O4S/c1-14(2)13-23-17-7-5-4-6-15(17)10-18-11-16-12-19(8-9-22-16)24(3,20)21/h4-7,16,18H,1,8-13H2,2-3H3/t16-/m1/s1. The highest BCUT2D eigenvalue weighted by molar-refractivity contribution is 7.88. The molecule has 1 N–H and O–H groups in total. The van der Waals surface area contributed by atoms with Gasteiger partial charge in [0.1, 0.15) is 12.4 Å². The van der Waals surface area contributed by atoms with E-state index in [1.54, 1.807) is 0 Å². The summed E-state index contributed by atoms with van der Waals surface area (Å²) < 4.78 is 36.1. The van der Waals surface area contributed by atoms with Crippen LogP contribution in [0.4, 0.5) is 0 Å². The van der Waals surface area contributed by atoms with Crippen LogP contribution in [0.1, 0.15) is 12.5 Å². The molecule has 1 atom stereocenters. The maximum atomic E-state index is 11.6. The second-order valence-electron chi connectivity index (χ2n) is 6.10. The van der Waals surface area contributed by atoms with Gasteiger partial charge in [-0.3, -0.25) is 0 Å². The van der Waals surface area contributed by atoms with Gasteiger partial charge in [0.05, 0.1) is 19.0 Å². The molecule has 2 rings (SSSR count). The lowest BCUT2D eigenvalue weighted by Gasteiger charge is -2.31. The molecule has 1 aliphatic heterocycles. The van der Waals surface area contributed by atoms with Crippen molar-refractivity contribution in [1.82, 2.24) is 9.62 Å². The Hall–Kier alpha value is -1.41. The van der Waals surface area contributed by atoms with Crippen molar-refractivity contribution in [3.05, 3.63) is 42.0 Å². The Morgan fingerprint density at radius 2 is 2.21 bits per heavy atom. The van der Waals surface area contributed by atoms with E-state index in [9.17, 15) is 8.42 Å². The lowest BCUT2D eigenvalue weighted by atomic mass is 10.2. The highest BCUT2D eigenvalue weighted by Gasteiger charge is 2.26. The first kappa shape index (κ1) is 18.9. The van der Waals surface area contributed by atoms with E-state index in [1.165, 1.54) is 10.6 Å². The van der Waals surface area contributed by atoms with Crippen molar-refractivity contribution in [2.24, 2.45) is 0 Å². The van der Waals surface area contributed by atoms with Gasteiger partial charge in [0.25, 0.3) is 0 Å². The van der Waals surface area contributed by atoms with Gasteiger partial charge in [-0.1, -0.05) is 24.8 Å². The van der Waals surface area contributed by atoms with Crippen LogP contribution in [0.5, 0.6) is 5.75 Å². The minimum absolute atomic E-state index is 0.142. The van der Waals surface area contributed by atoms with E-state index in [2.05, 4.69) is 11.9 Å². The Labute approximate surface area is 144 Å². The monoisotopic (exact) mass is 354 g/mol. The maximum absolute atomic E-state index is 11.6. The third kappa shape index (κ3) is 5.90. The molecule has 1 aromatic rings. The molecule has 0 spiro atoms. The van der Waals surface area contributed by atoms with E-state index in [1.807, 2.05) is 31.2 Å². The molecule has 0 aliphatic carbocycles. The fourth-order valence-electron chi connectivity index (χ4n) is 2.48. The van der Waals surface area contributed by atoms with Crippen molar-refractivity contribution in [2.45, 2.75) is 19.6 Å². The molecule has 24 heavy (non-hydrogen) atoms. The van der Waals surface area contributed by atoms with Crippen LogP contribution in [-0.4, -0.2) is 57.9 Å². The minimum atomic E-state index is -3.16. The minimum Gasteiger partial charge on any atom is -0.489 e. The third-order valence-electron chi connectivity index (χ3n) is 3.70. The second kappa shape index (κ2) is 8.62. The van der Waals surface area contributed by atoms with Crippen LogP contribution in [0, 0.1) is 0 Å². The van der Waals surface area contributed by atoms with Crippen molar-refractivity contribution in [1.29, 1.82) is 0 Å². The molecule has 1 fully saturated rings. The molecule has 134 valence electrons. The normalized spacial score (nSPS) is 19.2. The summed E-state index contributed by atoms with van der Waals surface area (Å²) in [5, 5.41) is 3.32. The van der Waals surface area contributed by atoms with Gasteiger partial charge < -0.3 is 14.8 Å². The number of sulfonamides is 1. The number of benzene rings is 1. The van der Waals surface area contributed by atoms with Gasteiger partial charge in [0.2, 0.25) is 10.0 Å². The molecule has 1 aromatic carbocycles. The third-order valence-corrected chi connectivity index (χ3v) is 4.97. The lowest BCUT2D eigenvalue weighted by molar-refractivity contribution is -0.000124. The summed E-state index contributed by atoms with van der Waals surface area (Å²) in [5.41, 5.74) is 2.02. The Bertz CT molecular complexity index is 660. The van der Waals surface area contributed by atoms with Crippen LogP contribution >= 0.6 is 0 Å². The molecular weight excluding hydrogens is 328 g/mol. The largest absolute Gasteiger partial charge is 0.489 e. The summed E-state index contributed by atoms with van der Waals surface area (Å²) in [6.07, 6.45) is 1.09. The summed E-state index contributed by atoms with van der Waals surface area (Å²) in [4.78, 5) is 0. The summed E-state index contributed by atoms with van der Waals surface area (Å²) in [5.74, 6) is 0.829. The highest BCUT2D eigenvalue weighted by atomic mass is 32.2. The quantitative estimate of drug-likeness (QED) is 0.715. The SMILES string of the molecule is C=C(C)COc1ccccc1CNC[C@@H]1CN(S(C)(=O)=O)CCO1. The molecular formula is C17H26N2O4S. The number of nitrogens with zero attached hydrogens (tertiary/aromatic N) is 1. The smallest absolute Gasteiger partial charge is 0.211 e. The summed E-state index contributed by atoms with van der Waals surface area (Å²) >= 11 is 0. The number of nitrogens with one attached hydrogen (secondary N) is 1. The van der Waals surface area contributed by atoms with E-state index in [-0.39, 0.29) is 6.10 Å². The Morgan fingerprint density at radius 1 is 1.46 bits per heavy atom. The zero-order chi connectivity index (χ0) is 17.6. The summed E-state index contributed by atoms with van der Waals surface area (Å²) in [6, 6.07) is 7.84. The predicted molar refractivity (Wildman–Crippen MR) is 94.6 cm³/mol. The molecule has 0 bridgehead atoms. The van der Waals surface area contributed by atoms with E-state index in [4.69, 9.17) is 9.47 Å². The predicted octanol–water partition coefficient (Wildman–Crippen LogP) is 1.39. The molecule has 0 radical (unpaired) electrons. The van der Waals surface area contributed by atoms with Gasteiger partial charge in [-0.2, -0.15) is 4.31 Å². The van der Waals surface area contributed by atoms with E-state index < -0.39 is 10.0 Å². The molecule has 1 saturated heterocycles. The van der Waals surface area contributed by atoms with Gasteiger partial charge in [0.15, 0.2) is 0 Å². The summed E-state index contributed by atoms with van der Waals surface area (Å²) in [7, 11) is -3.16. The molecule has 0 aromatic heterocycles. The Balaban J connectivity index is 1.85. The fraction of sp³-hybridized carbons (Fsp3) is 0.529. The molecule has 1 heterocycles. The fourth-order valence-corrected chi connectivity index (χ4v) is 3.32.